The SMILES string of the molecule is CC1(C(=O)Nc2ccc(S(N)(=O)=O)c(Cl)c2)CC1. The van der Waals surface area contributed by atoms with Gasteiger partial charge in [0.2, 0.25) is 15.9 Å². The number of nitrogens with one attached hydrogen (secondary N) is 1. The Morgan fingerprint density at radius 1 is 1.44 bits per heavy atom. The average molecular weight is 289 g/mol. The highest BCUT2D eigenvalue weighted by atomic mass is 35.5. The number of primary sulfonamides is 1. The lowest BCUT2D eigenvalue weighted by atomic mass is 10.1. The lowest BCUT2D eigenvalue weighted by Crippen LogP contribution is -2.21. The molecule has 1 amide bonds. The van der Waals surface area contributed by atoms with E-state index < -0.39 is 10.0 Å². The van der Waals surface area contributed by atoms with Gasteiger partial charge in [0.15, 0.2) is 0 Å². The number of hydrogen-bond donors (Lipinski definition) is 2. The molecule has 0 atom stereocenters. The summed E-state index contributed by atoms with van der Waals surface area (Å²) in [5.41, 5.74) is 0.163. The molecule has 0 saturated heterocycles. The van der Waals surface area contributed by atoms with Crippen LogP contribution in [0.15, 0.2) is 23.1 Å². The Hall–Kier alpha value is -1.11. The van der Waals surface area contributed by atoms with Crippen LogP contribution in [0.2, 0.25) is 5.02 Å². The van der Waals surface area contributed by atoms with Gasteiger partial charge in [0.05, 0.1) is 5.02 Å². The summed E-state index contributed by atoms with van der Waals surface area (Å²) in [6, 6.07) is 4.13. The van der Waals surface area contributed by atoms with Gasteiger partial charge in [0.25, 0.3) is 0 Å². The third-order valence-corrected chi connectivity index (χ3v) is 4.44. The second-order valence-corrected chi connectivity index (χ2v) is 6.64. The fourth-order valence-electron chi connectivity index (χ4n) is 1.51. The maximum Gasteiger partial charge on any atom is 0.239 e. The zero-order valence-corrected chi connectivity index (χ0v) is 11.3. The number of nitrogens with two attached hydrogens (primary N) is 1. The zero-order valence-electron chi connectivity index (χ0n) is 9.73. The van der Waals surface area contributed by atoms with Crippen molar-refractivity contribution in [3.8, 4) is 0 Å². The summed E-state index contributed by atoms with van der Waals surface area (Å²) in [6.07, 6.45) is 1.73. The molecule has 1 saturated carbocycles. The smallest absolute Gasteiger partial charge is 0.239 e. The Morgan fingerprint density at radius 2 is 2.06 bits per heavy atom. The van der Waals surface area contributed by atoms with Gasteiger partial charge < -0.3 is 5.32 Å². The van der Waals surface area contributed by atoms with Crippen molar-refractivity contribution in [1.29, 1.82) is 0 Å². The molecule has 1 aromatic rings. The highest BCUT2D eigenvalue weighted by Gasteiger charge is 2.44. The van der Waals surface area contributed by atoms with Gasteiger partial charge in [-0.25, -0.2) is 13.6 Å². The first-order chi connectivity index (χ1) is 8.22. The Labute approximate surface area is 110 Å². The van der Waals surface area contributed by atoms with E-state index in [1.54, 1.807) is 0 Å². The Kier molecular flexibility index (Phi) is 3.12. The normalized spacial score (nSPS) is 17.3. The average Bonchev–Trinajstić information content (AvgIpc) is 2.96. The van der Waals surface area contributed by atoms with Gasteiger partial charge in [0, 0.05) is 11.1 Å². The molecular weight excluding hydrogens is 276 g/mol. The van der Waals surface area contributed by atoms with E-state index in [-0.39, 0.29) is 21.2 Å². The molecular formula is C11H13ClN2O3S. The van der Waals surface area contributed by atoms with Crippen LogP contribution < -0.4 is 10.5 Å². The first kappa shape index (κ1) is 13.3. The quantitative estimate of drug-likeness (QED) is 0.887. The summed E-state index contributed by atoms with van der Waals surface area (Å²) in [5, 5.41) is 7.69. The summed E-state index contributed by atoms with van der Waals surface area (Å²) in [7, 11) is -3.84. The molecule has 3 N–H and O–H groups in total. The standard InChI is InChI=1S/C11H13ClN2O3S/c1-11(4-5-11)10(15)14-7-2-3-9(8(12)6-7)18(13,16)17/h2-3,6H,4-5H2,1H3,(H,14,15)(H2,13,16,17). The summed E-state index contributed by atoms with van der Waals surface area (Å²) in [6.45, 7) is 1.88. The molecule has 0 spiro atoms. The second-order valence-electron chi connectivity index (χ2n) is 4.70. The van der Waals surface area contributed by atoms with Gasteiger partial charge in [0.1, 0.15) is 4.90 Å². The van der Waals surface area contributed by atoms with E-state index in [0.29, 0.717) is 5.69 Å². The van der Waals surface area contributed by atoms with E-state index >= 15 is 0 Å². The van der Waals surface area contributed by atoms with Crippen LogP contribution in [0.4, 0.5) is 5.69 Å². The molecule has 0 aliphatic heterocycles. The van der Waals surface area contributed by atoms with Crippen molar-refractivity contribution in [2.75, 3.05) is 5.32 Å². The molecule has 0 aromatic heterocycles. The van der Waals surface area contributed by atoms with E-state index in [1.807, 2.05) is 6.92 Å². The van der Waals surface area contributed by atoms with E-state index in [9.17, 15) is 13.2 Å². The van der Waals surface area contributed by atoms with E-state index in [4.69, 9.17) is 16.7 Å². The molecule has 0 radical (unpaired) electrons. The van der Waals surface area contributed by atoms with Crippen molar-refractivity contribution in [1.82, 2.24) is 0 Å². The summed E-state index contributed by atoms with van der Waals surface area (Å²) < 4.78 is 22.3. The van der Waals surface area contributed by atoms with E-state index in [2.05, 4.69) is 5.32 Å². The van der Waals surface area contributed by atoms with Crippen molar-refractivity contribution in [3.05, 3.63) is 23.2 Å². The number of hydrogen-bond acceptors (Lipinski definition) is 3. The van der Waals surface area contributed by atoms with Crippen molar-refractivity contribution in [3.63, 3.8) is 0 Å². The number of benzene rings is 1. The van der Waals surface area contributed by atoms with E-state index in [1.165, 1.54) is 18.2 Å². The minimum atomic E-state index is -3.84. The number of halogens is 1. The van der Waals surface area contributed by atoms with Gasteiger partial charge in [-0.1, -0.05) is 18.5 Å². The largest absolute Gasteiger partial charge is 0.326 e. The first-order valence-corrected chi connectivity index (χ1v) is 7.29. The molecule has 0 unspecified atom stereocenters. The van der Waals surface area contributed by atoms with Crippen LogP contribution in [-0.4, -0.2) is 14.3 Å². The summed E-state index contributed by atoms with van der Waals surface area (Å²) in [4.78, 5) is 11.6. The maximum absolute atomic E-state index is 11.8. The van der Waals surface area contributed by atoms with Crippen LogP contribution in [0.1, 0.15) is 19.8 Å². The number of rotatable bonds is 3. The number of anilines is 1. The minimum Gasteiger partial charge on any atom is -0.326 e. The van der Waals surface area contributed by atoms with Gasteiger partial charge in [-0.2, -0.15) is 0 Å². The monoisotopic (exact) mass is 288 g/mol. The molecule has 0 heterocycles. The number of carbonyl (C=O) groups is 1. The van der Waals surface area contributed by atoms with Crippen molar-refractivity contribution in [2.45, 2.75) is 24.7 Å². The predicted octanol–water partition coefficient (Wildman–Crippen LogP) is 1.73. The molecule has 5 nitrogen and oxygen atoms in total. The van der Waals surface area contributed by atoms with Gasteiger partial charge in [-0.05, 0) is 31.0 Å². The number of amides is 1. The van der Waals surface area contributed by atoms with Crippen molar-refractivity contribution < 1.29 is 13.2 Å². The van der Waals surface area contributed by atoms with Gasteiger partial charge in [-0.15, -0.1) is 0 Å². The molecule has 98 valence electrons. The number of carbonyl (C=O) groups excluding carboxylic acids is 1. The lowest BCUT2D eigenvalue weighted by molar-refractivity contribution is -0.120. The Morgan fingerprint density at radius 3 is 2.50 bits per heavy atom. The highest BCUT2D eigenvalue weighted by Crippen LogP contribution is 2.45. The Balaban J connectivity index is 2.22. The molecule has 1 aliphatic carbocycles. The topological polar surface area (TPSA) is 89.3 Å². The predicted molar refractivity (Wildman–Crippen MR) is 68.8 cm³/mol. The molecule has 1 aromatic carbocycles. The fraction of sp³-hybridized carbons (Fsp3) is 0.364. The summed E-state index contributed by atoms with van der Waals surface area (Å²) >= 11 is 5.82. The van der Waals surface area contributed by atoms with Crippen molar-refractivity contribution >= 4 is 33.2 Å². The summed E-state index contributed by atoms with van der Waals surface area (Å²) in [5.74, 6) is -0.0816. The Bertz CT molecular complexity index is 609. The van der Waals surface area contributed by atoms with Crippen LogP contribution in [0, 0.1) is 5.41 Å². The molecule has 2 rings (SSSR count). The molecule has 1 aliphatic rings. The number of sulfonamides is 1. The van der Waals surface area contributed by atoms with Gasteiger partial charge >= 0.3 is 0 Å². The molecule has 0 bridgehead atoms. The third kappa shape index (κ3) is 2.66. The third-order valence-electron chi connectivity index (χ3n) is 3.04. The van der Waals surface area contributed by atoms with Crippen LogP contribution in [0.3, 0.4) is 0 Å². The molecule has 7 heteroatoms. The minimum absolute atomic E-state index is 0.00347. The molecule has 1 fully saturated rings. The lowest BCUT2D eigenvalue weighted by Gasteiger charge is -2.11. The van der Waals surface area contributed by atoms with Crippen LogP contribution in [0.25, 0.3) is 0 Å². The van der Waals surface area contributed by atoms with Crippen LogP contribution in [0.5, 0.6) is 0 Å². The highest BCUT2D eigenvalue weighted by molar-refractivity contribution is 7.89. The van der Waals surface area contributed by atoms with Crippen LogP contribution >= 0.6 is 11.6 Å². The fourth-order valence-corrected chi connectivity index (χ4v) is 2.60. The maximum atomic E-state index is 11.8. The van der Waals surface area contributed by atoms with Gasteiger partial charge in [-0.3, -0.25) is 4.79 Å². The van der Waals surface area contributed by atoms with Crippen LogP contribution in [-0.2, 0) is 14.8 Å². The molecule has 18 heavy (non-hydrogen) atoms. The second kappa shape index (κ2) is 4.22. The van der Waals surface area contributed by atoms with Crippen molar-refractivity contribution in [2.24, 2.45) is 10.6 Å². The van der Waals surface area contributed by atoms with E-state index in [0.717, 1.165) is 12.8 Å². The first-order valence-electron chi connectivity index (χ1n) is 5.36. The zero-order chi connectivity index (χ0) is 13.6.